The number of benzene rings is 2. The quantitative estimate of drug-likeness (QED) is 0.841. The van der Waals surface area contributed by atoms with E-state index in [-0.39, 0.29) is 28.4 Å². The molecule has 3 rings (SSSR count). The molecule has 0 bridgehead atoms. The average Bonchev–Trinajstić information content (AvgIpc) is 2.90. The molecule has 6 nitrogen and oxygen atoms in total. The van der Waals surface area contributed by atoms with Gasteiger partial charge in [0.05, 0.1) is 16.5 Å². The number of aryl methyl sites for hydroxylation is 2. The van der Waals surface area contributed by atoms with Crippen molar-refractivity contribution in [2.75, 3.05) is 15.4 Å². The summed E-state index contributed by atoms with van der Waals surface area (Å²) >= 11 is 6.12. The van der Waals surface area contributed by atoms with Crippen LogP contribution < -0.4 is 9.62 Å². The smallest absolute Gasteiger partial charge is 0.255 e. The lowest BCUT2D eigenvalue weighted by Crippen LogP contribution is -2.30. The first-order chi connectivity index (χ1) is 12.7. The molecule has 2 aromatic carbocycles. The van der Waals surface area contributed by atoms with Gasteiger partial charge >= 0.3 is 0 Å². The molecule has 1 aliphatic rings. The molecule has 0 unspecified atom stereocenters. The number of nitrogens with zero attached hydrogens (tertiary/aromatic N) is 1. The molecule has 2 amide bonds. The predicted molar refractivity (Wildman–Crippen MR) is 106 cm³/mol. The lowest BCUT2D eigenvalue weighted by atomic mass is 10.1. The Kier molecular flexibility index (Phi) is 5.26. The van der Waals surface area contributed by atoms with E-state index in [2.05, 4.69) is 5.32 Å². The number of anilines is 2. The van der Waals surface area contributed by atoms with Crippen molar-refractivity contribution in [3.05, 3.63) is 58.1 Å². The van der Waals surface area contributed by atoms with E-state index >= 15 is 0 Å². The van der Waals surface area contributed by atoms with Crippen LogP contribution in [0.5, 0.6) is 0 Å². The van der Waals surface area contributed by atoms with E-state index in [4.69, 9.17) is 11.6 Å². The van der Waals surface area contributed by atoms with E-state index in [1.54, 1.807) is 0 Å². The van der Waals surface area contributed by atoms with E-state index in [1.165, 1.54) is 18.2 Å². The maximum atomic E-state index is 12.7. The zero-order valence-corrected chi connectivity index (χ0v) is 16.5. The lowest BCUT2D eigenvalue weighted by Gasteiger charge is -2.18. The van der Waals surface area contributed by atoms with Crippen LogP contribution in [0.25, 0.3) is 0 Å². The second-order valence-electron chi connectivity index (χ2n) is 6.31. The van der Waals surface area contributed by atoms with Crippen molar-refractivity contribution in [2.24, 2.45) is 0 Å². The van der Waals surface area contributed by atoms with Crippen LogP contribution in [0.3, 0.4) is 0 Å². The van der Waals surface area contributed by atoms with Gasteiger partial charge in [0.25, 0.3) is 5.91 Å². The number of hydrogen-bond acceptors (Lipinski definition) is 4. The molecule has 2 aromatic rings. The van der Waals surface area contributed by atoms with E-state index < -0.39 is 21.8 Å². The van der Waals surface area contributed by atoms with E-state index in [1.807, 2.05) is 32.0 Å². The molecule has 0 saturated carbocycles. The number of nitrogens with one attached hydrogen (secondary N) is 1. The Morgan fingerprint density at radius 1 is 1.26 bits per heavy atom. The minimum absolute atomic E-state index is 0.00677. The van der Waals surface area contributed by atoms with Crippen LogP contribution in [0.1, 0.15) is 34.8 Å². The van der Waals surface area contributed by atoms with Crippen LogP contribution in [-0.4, -0.2) is 26.0 Å². The van der Waals surface area contributed by atoms with Gasteiger partial charge < -0.3 is 5.32 Å². The van der Waals surface area contributed by atoms with Crippen molar-refractivity contribution >= 4 is 44.8 Å². The van der Waals surface area contributed by atoms with Crippen LogP contribution in [0.4, 0.5) is 11.4 Å². The first-order valence-electron chi connectivity index (χ1n) is 8.50. The van der Waals surface area contributed by atoms with Crippen molar-refractivity contribution < 1.29 is 18.0 Å². The van der Waals surface area contributed by atoms with Crippen LogP contribution in [0, 0.1) is 6.92 Å². The first kappa shape index (κ1) is 19.4. The van der Waals surface area contributed by atoms with Gasteiger partial charge in [0, 0.05) is 17.7 Å². The molecular weight excluding hydrogens is 388 g/mol. The van der Waals surface area contributed by atoms with Gasteiger partial charge in [-0.3, -0.25) is 9.59 Å². The largest absolute Gasteiger partial charge is 0.321 e. The summed E-state index contributed by atoms with van der Waals surface area (Å²) in [4.78, 5) is 24.8. The van der Waals surface area contributed by atoms with Crippen LogP contribution in [-0.2, 0) is 21.2 Å². The van der Waals surface area contributed by atoms with Crippen molar-refractivity contribution in [1.29, 1.82) is 0 Å². The number of carbonyl (C=O) groups excluding carboxylic acids is 2. The van der Waals surface area contributed by atoms with Crippen molar-refractivity contribution in [2.45, 2.75) is 26.7 Å². The topological polar surface area (TPSA) is 83.6 Å². The molecule has 142 valence electrons. The molecule has 8 heteroatoms. The Morgan fingerprint density at radius 3 is 2.63 bits per heavy atom. The second kappa shape index (κ2) is 7.32. The first-order valence-corrected chi connectivity index (χ1v) is 10.5. The van der Waals surface area contributed by atoms with Gasteiger partial charge in [-0.15, -0.1) is 0 Å². The fourth-order valence-electron chi connectivity index (χ4n) is 3.05. The molecule has 0 atom stereocenters. The molecule has 0 spiro atoms. The Morgan fingerprint density at radius 2 is 2.00 bits per heavy atom. The molecule has 0 aliphatic carbocycles. The van der Waals surface area contributed by atoms with Gasteiger partial charge in [0.2, 0.25) is 15.9 Å². The van der Waals surface area contributed by atoms with E-state index in [0.717, 1.165) is 23.2 Å². The lowest BCUT2D eigenvalue weighted by molar-refractivity contribution is -0.116. The summed E-state index contributed by atoms with van der Waals surface area (Å²) in [5.74, 6) is -1.22. The summed E-state index contributed by atoms with van der Waals surface area (Å²) in [6, 6.07) is 10.0. The van der Waals surface area contributed by atoms with Gasteiger partial charge in [-0.05, 0) is 42.7 Å². The third kappa shape index (κ3) is 3.70. The van der Waals surface area contributed by atoms with Crippen molar-refractivity contribution in [1.82, 2.24) is 0 Å². The number of carbonyl (C=O) groups is 2. The third-order valence-corrected chi connectivity index (χ3v) is 6.48. The highest BCUT2D eigenvalue weighted by atomic mass is 35.5. The van der Waals surface area contributed by atoms with Crippen LogP contribution >= 0.6 is 11.6 Å². The predicted octanol–water partition coefficient (Wildman–Crippen LogP) is 3.53. The van der Waals surface area contributed by atoms with Crippen molar-refractivity contribution in [3.8, 4) is 0 Å². The number of para-hydroxylation sites is 1. The summed E-state index contributed by atoms with van der Waals surface area (Å²) in [5, 5.41) is 2.97. The van der Waals surface area contributed by atoms with Gasteiger partial charge in [-0.25, -0.2) is 12.7 Å². The third-order valence-electron chi connectivity index (χ3n) is 4.48. The van der Waals surface area contributed by atoms with Gasteiger partial charge in [0.1, 0.15) is 0 Å². The monoisotopic (exact) mass is 406 g/mol. The molecule has 0 radical (unpaired) electrons. The Labute approximate surface area is 163 Å². The number of halogens is 1. The SMILES string of the molecule is CCc1cccc(C)c1NC(=O)c1ccc(Cl)c(N2C(=O)CCS2(=O)=O)c1. The van der Waals surface area contributed by atoms with Gasteiger partial charge in [-0.1, -0.05) is 36.7 Å². The number of sulfonamides is 1. The summed E-state index contributed by atoms with van der Waals surface area (Å²) in [6.07, 6.45) is 0.655. The molecule has 1 N–H and O–H groups in total. The Bertz CT molecular complexity index is 1030. The maximum Gasteiger partial charge on any atom is 0.255 e. The standard InChI is InChI=1S/C19H19ClN2O4S/c1-3-13-6-4-5-12(2)18(13)21-19(24)14-7-8-15(20)16(11-14)22-17(23)9-10-27(22,25)26/h4-8,11H,3,9-10H2,1-2H3,(H,21,24). The normalized spacial score (nSPS) is 15.8. The molecule has 1 heterocycles. The number of hydrogen-bond donors (Lipinski definition) is 1. The number of amides is 2. The summed E-state index contributed by atoms with van der Waals surface area (Å²) < 4.78 is 25.0. The highest BCUT2D eigenvalue weighted by molar-refractivity contribution is 7.94. The zero-order valence-electron chi connectivity index (χ0n) is 15.0. The fraction of sp³-hybridized carbons (Fsp3) is 0.263. The Hall–Kier alpha value is -2.38. The summed E-state index contributed by atoms with van der Waals surface area (Å²) in [6.45, 7) is 3.90. The molecule has 1 saturated heterocycles. The summed E-state index contributed by atoms with van der Waals surface area (Å²) in [5.41, 5.74) is 2.87. The second-order valence-corrected chi connectivity index (χ2v) is 8.65. The molecular formula is C19H19ClN2O4S. The highest BCUT2D eigenvalue weighted by Gasteiger charge is 2.37. The maximum absolute atomic E-state index is 12.7. The minimum atomic E-state index is -3.76. The molecule has 1 fully saturated rings. The average molecular weight is 407 g/mol. The Balaban J connectivity index is 1.97. The molecule has 0 aromatic heterocycles. The summed E-state index contributed by atoms with van der Waals surface area (Å²) in [7, 11) is -3.76. The number of rotatable bonds is 4. The van der Waals surface area contributed by atoms with Gasteiger partial charge in [0.15, 0.2) is 0 Å². The van der Waals surface area contributed by atoms with E-state index in [0.29, 0.717) is 4.31 Å². The molecule has 27 heavy (non-hydrogen) atoms. The van der Waals surface area contributed by atoms with E-state index in [9.17, 15) is 18.0 Å². The van der Waals surface area contributed by atoms with Gasteiger partial charge in [-0.2, -0.15) is 0 Å². The van der Waals surface area contributed by atoms with Crippen LogP contribution in [0.15, 0.2) is 36.4 Å². The fourth-order valence-corrected chi connectivity index (χ4v) is 4.77. The van der Waals surface area contributed by atoms with Crippen molar-refractivity contribution in [3.63, 3.8) is 0 Å². The zero-order chi connectivity index (χ0) is 19.8. The molecule has 1 aliphatic heterocycles. The van der Waals surface area contributed by atoms with Crippen LogP contribution in [0.2, 0.25) is 5.02 Å². The highest BCUT2D eigenvalue weighted by Crippen LogP contribution is 2.33. The minimum Gasteiger partial charge on any atom is -0.321 e.